The Bertz CT molecular complexity index is 1090. The first kappa shape index (κ1) is 19.8. The molecule has 2 atom stereocenters. The van der Waals surface area contributed by atoms with Crippen molar-refractivity contribution in [2.24, 2.45) is 5.41 Å². The monoisotopic (exact) mass is 406 g/mol. The zero-order valence-corrected chi connectivity index (χ0v) is 17.3. The number of carbonyl (C=O) groups excluding carboxylic acids is 1. The van der Waals surface area contributed by atoms with E-state index in [9.17, 15) is 21.6 Å². The van der Waals surface area contributed by atoms with Crippen molar-refractivity contribution in [3.05, 3.63) is 59.7 Å². The number of Topliss-reactive ketones (excluding diaryl/α,β-unsaturated/α-hetero) is 1. The van der Waals surface area contributed by atoms with E-state index in [1.54, 1.807) is 36.4 Å². The Kier molecular flexibility index (Phi) is 4.59. The summed E-state index contributed by atoms with van der Waals surface area (Å²) in [5.74, 6) is -0.396. The van der Waals surface area contributed by atoms with Crippen LogP contribution in [0.2, 0.25) is 0 Å². The van der Waals surface area contributed by atoms with E-state index in [1.165, 1.54) is 12.1 Å². The molecule has 0 aliphatic heterocycles. The number of rotatable bonds is 4. The zero-order valence-electron chi connectivity index (χ0n) is 15.6. The molecule has 1 fully saturated rings. The molecule has 0 radical (unpaired) electrons. The van der Waals surface area contributed by atoms with E-state index in [2.05, 4.69) is 0 Å². The SMILES string of the molecule is CC1(C)C(=O)[C@H](c2ccc(S(C)(=O)=O)cc2)[C@H]1c1ccc(S(C)(=O)=O)cc1. The molecule has 1 aliphatic carbocycles. The van der Waals surface area contributed by atoms with E-state index in [0.717, 1.165) is 23.6 Å². The highest BCUT2D eigenvalue weighted by Gasteiger charge is 2.56. The van der Waals surface area contributed by atoms with Crippen LogP contribution in [0.25, 0.3) is 0 Å². The number of hydrogen-bond donors (Lipinski definition) is 0. The fraction of sp³-hybridized carbons (Fsp3) is 0.350. The normalized spacial score (nSPS) is 22.3. The Hall–Kier alpha value is -1.99. The van der Waals surface area contributed by atoms with Crippen LogP contribution in [0.4, 0.5) is 0 Å². The Balaban J connectivity index is 1.99. The lowest BCUT2D eigenvalue weighted by Crippen LogP contribution is -2.50. The van der Waals surface area contributed by atoms with Crippen LogP contribution >= 0.6 is 0 Å². The van der Waals surface area contributed by atoms with Crippen LogP contribution in [-0.2, 0) is 24.5 Å². The molecule has 0 unspecified atom stereocenters. The van der Waals surface area contributed by atoms with Gasteiger partial charge in [-0.15, -0.1) is 0 Å². The van der Waals surface area contributed by atoms with E-state index >= 15 is 0 Å². The third-order valence-corrected chi connectivity index (χ3v) is 7.62. The van der Waals surface area contributed by atoms with Crippen LogP contribution in [0.5, 0.6) is 0 Å². The molecule has 1 saturated carbocycles. The molecule has 144 valence electrons. The van der Waals surface area contributed by atoms with Crippen LogP contribution in [0.1, 0.15) is 36.8 Å². The molecule has 0 N–H and O–H groups in total. The third kappa shape index (κ3) is 3.46. The van der Waals surface area contributed by atoms with Gasteiger partial charge in [-0.3, -0.25) is 4.79 Å². The van der Waals surface area contributed by atoms with Gasteiger partial charge in [0, 0.05) is 23.8 Å². The Morgan fingerprint density at radius 3 is 1.44 bits per heavy atom. The van der Waals surface area contributed by atoms with Crippen molar-refractivity contribution >= 4 is 25.5 Å². The summed E-state index contributed by atoms with van der Waals surface area (Å²) in [5, 5.41) is 0. The van der Waals surface area contributed by atoms with Crippen molar-refractivity contribution in [2.75, 3.05) is 12.5 Å². The molecular weight excluding hydrogens is 384 g/mol. The van der Waals surface area contributed by atoms with E-state index in [4.69, 9.17) is 0 Å². The van der Waals surface area contributed by atoms with Crippen LogP contribution in [0, 0.1) is 5.41 Å². The van der Waals surface area contributed by atoms with Crippen molar-refractivity contribution in [2.45, 2.75) is 35.5 Å². The van der Waals surface area contributed by atoms with Crippen LogP contribution < -0.4 is 0 Å². The average Bonchev–Trinajstić information content (AvgIpc) is 2.57. The summed E-state index contributed by atoms with van der Waals surface area (Å²) in [5.41, 5.74) is 1.08. The highest BCUT2D eigenvalue weighted by Crippen LogP contribution is 2.58. The van der Waals surface area contributed by atoms with Crippen LogP contribution in [0.15, 0.2) is 58.3 Å². The molecule has 0 spiro atoms. The van der Waals surface area contributed by atoms with Gasteiger partial charge in [-0.05, 0) is 35.4 Å². The first-order chi connectivity index (χ1) is 12.3. The predicted octanol–water partition coefficient (Wildman–Crippen LogP) is 2.97. The maximum absolute atomic E-state index is 12.8. The summed E-state index contributed by atoms with van der Waals surface area (Å²) in [6.45, 7) is 3.76. The van der Waals surface area contributed by atoms with Gasteiger partial charge in [0.25, 0.3) is 0 Å². The highest BCUT2D eigenvalue weighted by molar-refractivity contribution is 7.91. The molecule has 0 aromatic heterocycles. The van der Waals surface area contributed by atoms with Gasteiger partial charge in [-0.25, -0.2) is 16.8 Å². The molecule has 0 amide bonds. The first-order valence-electron chi connectivity index (χ1n) is 8.48. The number of sulfone groups is 2. The quantitative estimate of drug-likeness (QED) is 0.779. The molecule has 2 aromatic rings. The van der Waals surface area contributed by atoms with Crippen molar-refractivity contribution < 1.29 is 21.6 Å². The van der Waals surface area contributed by atoms with Crippen molar-refractivity contribution in [1.82, 2.24) is 0 Å². The summed E-state index contributed by atoms with van der Waals surface area (Å²) in [6.07, 6.45) is 2.30. The first-order valence-corrected chi connectivity index (χ1v) is 12.3. The Morgan fingerprint density at radius 2 is 1.07 bits per heavy atom. The minimum absolute atomic E-state index is 0.0896. The van der Waals surface area contributed by atoms with E-state index in [1.807, 2.05) is 13.8 Å². The van der Waals surface area contributed by atoms with Gasteiger partial charge in [-0.1, -0.05) is 38.1 Å². The Labute approximate surface area is 160 Å². The van der Waals surface area contributed by atoms with Crippen molar-refractivity contribution in [3.63, 3.8) is 0 Å². The second-order valence-electron chi connectivity index (χ2n) is 7.72. The van der Waals surface area contributed by atoms with Crippen LogP contribution in [-0.4, -0.2) is 35.1 Å². The molecule has 2 aromatic carbocycles. The van der Waals surface area contributed by atoms with E-state index in [-0.39, 0.29) is 27.4 Å². The zero-order chi connectivity index (χ0) is 20.2. The number of ketones is 1. The fourth-order valence-corrected chi connectivity index (χ4v) is 5.08. The molecule has 27 heavy (non-hydrogen) atoms. The standard InChI is InChI=1S/C20H22O5S2/c1-20(2)18(14-7-11-16(12-8-14)27(4,24)25)17(19(20)21)13-5-9-15(10-6-13)26(3,22)23/h5-12,17-18H,1-4H3/t17-,18-/m1/s1. The summed E-state index contributed by atoms with van der Waals surface area (Å²) in [6, 6.07) is 13.1. The number of hydrogen-bond acceptors (Lipinski definition) is 5. The molecule has 0 saturated heterocycles. The van der Waals surface area contributed by atoms with Crippen LogP contribution in [0.3, 0.4) is 0 Å². The summed E-state index contributed by atoms with van der Waals surface area (Å²) >= 11 is 0. The lowest BCUT2D eigenvalue weighted by atomic mass is 9.51. The summed E-state index contributed by atoms with van der Waals surface area (Å²) in [7, 11) is -6.58. The van der Waals surface area contributed by atoms with Gasteiger partial charge >= 0.3 is 0 Å². The maximum Gasteiger partial charge on any atom is 0.175 e. The molecule has 5 nitrogen and oxygen atoms in total. The number of benzene rings is 2. The van der Waals surface area contributed by atoms with E-state index in [0.29, 0.717) is 0 Å². The van der Waals surface area contributed by atoms with Gasteiger partial charge in [0.05, 0.1) is 15.7 Å². The lowest BCUT2D eigenvalue weighted by molar-refractivity contribution is -0.141. The molecule has 0 bridgehead atoms. The minimum atomic E-state index is -3.30. The van der Waals surface area contributed by atoms with Gasteiger partial charge in [-0.2, -0.15) is 0 Å². The second-order valence-corrected chi connectivity index (χ2v) is 11.8. The smallest absolute Gasteiger partial charge is 0.175 e. The molecular formula is C20H22O5S2. The number of carbonyl (C=O) groups is 1. The molecule has 3 rings (SSSR count). The van der Waals surface area contributed by atoms with Crippen molar-refractivity contribution in [3.8, 4) is 0 Å². The second kappa shape index (κ2) is 6.27. The topological polar surface area (TPSA) is 85.3 Å². The average molecular weight is 407 g/mol. The fourth-order valence-electron chi connectivity index (χ4n) is 3.82. The van der Waals surface area contributed by atoms with Crippen molar-refractivity contribution in [1.29, 1.82) is 0 Å². The largest absolute Gasteiger partial charge is 0.298 e. The van der Waals surface area contributed by atoms with E-state index < -0.39 is 25.1 Å². The van der Waals surface area contributed by atoms with Gasteiger partial charge in [0.2, 0.25) is 0 Å². The lowest BCUT2D eigenvalue weighted by Gasteiger charge is -2.50. The van der Waals surface area contributed by atoms with Gasteiger partial charge < -0.3 is 0 Å². The molecule has 1 aliphatic rings. The maximum atomic E-state index is 12.8. The minimum Gasteiger partial charge on any atom is -0.298 e. The third-order valence-electron chi connectivity index (χ3n) is 5.36. The highest BCUT2D eigenvalue weighted by atomic mass is 32.2. The van der Waals surface area contributed by atoms with Gasteiger partial charge in [0.15, 0.2) is 19.7 Å². The van der Waals surface area contributed by atoms with Gasteiger partial charge in [0.1, 0.15) is 5.78 Å². The molecule has 0 heterocycles. The Morgan fingerprint density at radius 1 is 0.704 bits per heavy atom. The summed E-state index contributed by atoms with van der Waals surface area (Å²) in [4.78, 5) is 13.2. The predicted molar refractivity (Wildman–Crippen MR) is 103 cm³/mol. The molecule has 7 heteroatoms. The summed E-state index contributed by atoms with van der Waals surface area (Å²) < 4.78 is 46.6.